The van der Waals surface area contributed by atoms with E-state index in [1.54, 1.807) is 56.7 Å². The summed E-state index contributed by atoms with van der Waals surface area (Å²) in [7, 11) is 0. The molecule has 5 rings (SSSR count). The second kappa shape index (κ2) is 13.8. The second-order valence-electron chi connectivity index (χ2n) is 16.5. The quantitative estimate of drug-likeness (QED) is 0.390. The number of carbonyl (C=O) groups is 4. The molecule has 278 valence electrons. The van der Waals surface area contributed by atoms with Crippen molar-refractivity contribution in [1.82, 2.24) is 34.9 Å². The van der Waals surface area contributed by atoms with Gasteiger partial charge in [-0.25, -0.2) is 19.2 Å². The Morgan fingerprint density at radius 1 is 0.863 bits per heavy atom. The van der Waals surface area contributed by atoms with Crippen LogP contribution in [0.1, 0.15) is 67.9 Å². The predicted octanol–water partition coefficient (Wildman–Crippen LogP) is 3.56. The molecule has 2 saturated heterocycles. The number of likely N-dealkylation sites (tertiary alicyclic amines) is 1. The molecular weight excluding hydrogens is 656 g/mol. The van der Waals surface area contributed by atoms with Crippen LogP contribution in [0, 0.1) is 11.3 Å². The fraction of sp³-hybridized carbons (Fsp3) is 0.611. The average molecular weight is 709 g/mol. The Balaban J connectivity index is 1.08. The number of aromatic nitrogens is 2. The van der Waals surface area contributed by atoms with E-state index in [0.717, 1.165) is 25.2 Å². The number of urea groups is 1. The van der Waals surface area contributed by atoms with E-state index >= 15 is 0 Å². The molecule has 5 amide bonds. The number of piperidine rings is 1. The number of nitrogens with zero attached hydrogens (tertiary/aromatic N) is 5. The van der Waals surface area contributed by atoms with Crippen molar-refractivity contribution in [3.05, 3.63) is 52.6 Å². The minimum absolute atomic E-state index is 0.0275. The van der Waals surface area contributed by atoms with Gasteiger partial charge in [-0.1, -0.05) is 19.1 Å². The third-order valence-corrected chi connectivity index (χ3v) is 9.40. The van der Waals surface area contributed by atoms with E-state index in [-0.39, 0.29) is 55.5 Å². The van der Waals surface area contributed by atoms with Gasteiger partial charge in [0.05, 0.1) is 5.69 Å². The molecule has 15 heteroatoms. The summed E-state index contributed by atoms with van der Waals surface area (Å²) in [5, 5.41) is 8.35. The molecule has 1 aliphatic carbocycles. The van der Waals surface area contributed by atoms with Gasteiger partial charge < -0.3 is 29.9 Å². The van der Waals surface area contributed by atoms with Gasteiger partial charge >= 0.3 is 23.9 Å². The van der Waals surface area contributed by atoms with Gasteiger partial charge in [-0.3, -0.25) is 19.6 Å². The van der Waals surface area contributed by atoms with Crippen LogP contribution in [0.4, 0.5) is 20.2 Å². The summed E-state index contributed by atoms with van der Waals surface area (Å²) >= 11 is 0. The minimum Gasteiger partial charge on any atom is -0.444 e. The zero-order chi connectivity index (χ0) is 37.5. The van der Waals surface area contributed by atoms with E-state index in [2.05, 4.69) is 32.8 Å². The molecular formula is C36H52N8O7. The molecule has 0 bridgehead atoms. The molecule has 3 unspecified atom stereocenters. The number of amides is 5. The third-order valence-electron chi connectivity index (χ3n) is 9.40. The van der Waals surface area contributed by atoms with Crippen LogP contribution < -0.4 is 21.6 Å². The molecule has 0 radical (unpaired) electrons. The van der Waals surface area contributed by atoms with Crippen molar-refractivity contribution in [3.8, 4) is 5.69 Å². The van der Waals surface area contributed by atoms with E-state index in [0.29, 0.717) is 11.6 Å². The summed E-state index contributed by atoms with van der Waals surface area (Å²) in [6.45, 7) is 19.8. The highest BCUT2D eigenvalue weighted by Gasteiger charge is 2.66. The van der Waals surface area contributed by atoms with Crippen LogP contribution in [-0.2, 0) is 20.8 Å². The number of ether oxygens (including phenoxy) is 2. The molecule has 3 heterocycles. The summed E-state index contributed by atoms with van der Waals surface area (Å²) < 4.78 is 12.1. The van der Waals surface area contributed by atoms with Crippen molar-refractivity contribution < 1.29 is 28.7 Å². The molecule has 3 N–H and O–H groups in total. The lowest BCUT2D eigenvalue weighted by Gasteiger charge is -2.38. The van der Waals surface area contributed by atoms with Crippen LogP contribution in [0.5, 0.6) is 0 Å². The van der Waals surface area contributed by atoms with Crippen LogP contribution in [0.25, 0.3) is 5.69 Å². The zero-order valence-corrected chi connectivity index (χ0v) is 31.2. The molecule has 3 fully saturated rings. The summed E-state index contributed by atoms with van der Waals surface area (Å²) in [4.78, 5) is 73.1. The molecule has 2 aliphatic heterocycles. The van der Waals surface area contributed by atoms with Gasteiger partial charge in [0.25, 0.3) is 0 Å². The number of benzene rings is 1. The lowest BCUT2D eigenvalue weighted by molar-refractivity contribution is -0.138. The largest absolute Gasteiger partial charge is 0.444 e. The maximum absolute atomic E-state index is 13.1. The fourth-order valence-corrected chi connectivity index (χ4v) is 6.83. The lowest BCUT2D eigenvalue weighted by atomic mass is 10.0. The summed E-state index contributed by atoms with van der Waals surface area (Å²) in [6.07, 6.45) is 0.522. The van der Waals surface area contributed by atoms with E-state index < -0.39 is 34.6 Å². The van der Waals surface area contributed by atoms with Crippen molar-refractivity contribution >= 4 is 29.9 Å². The van der Waals surface area contributed by atoms with Crippen LogP contribution in [0.15, 0.2) is 41.3 Å². The van der Waals surface area contributed by atoms with E-state index in [1.165, 1.54) is 4.57 Å². The number of hydrogen-bond donors (Lipinski definition) is 3. The van der Waals surface area contributed by atoms with Crippen LogP contribution in [0.2, 0.25) is 0 Å². The summed E-state index contributed by atoms with van der Waals surface area (Å²) in [5.74, 6) is 0.227. The van der Waals surface area contributed by atoms with Gasteiger partial charge in [-0.15, -0.1) is 0 Å². The van der Waals surface area contributed by atoms with Crippen LogP contribution >= 0.6 is 0 Å². The number of alkyl carbamates (subject to hydrolysis) is 2. The predicted molar refractivity (Wildman–Crippen MR) is 190 cm³/mol. The summed E-state index contributed by atoms with van der Waals surface area (Å²) in [5.41, 5.74) is -1.17. The molecule has 0 spiro atoms. The van der Waals surface area contributed by atoms with Crippen molar-refractivity contribution in [1.29, 1.82) is 0 Å². The number of carbonyl (C=O) groups excluding carboxylic acids is 4. The van der Waals surface area contributed by atoms with E-state index in [9.17, 15) is 24.0 Å². The highest BCUT2D eigenvalue weighted by Crippen LogP contribution is 2.57. The molecule has 3 atom stereocenters. The number of nitrogens with one attached hydrogen (secondary N) is 3. The van der Waals surface area contributed by atoms with Gasteiger partial charge in [0.2, 0.25) is 5.91 Å². The fourth-order valence-electron chi connectivity index (χ4n) is 6.83. The van der Waals surface area contributed by atoms with Gasteiger partial charge in [0.1, 0.15) is 22.6 Å². The van der Waals surface area contributed by atoms with Crippen LogP contribution in [0.3, 0.4) is 0 Å². The van der Waals surface area contributed by atoms with Gasteiger partial charge in [0, 0.05) is 69.4 Å². The smallest absolute Gasteiger partial charge is 0.408 e. The second-order valence-corrected chi connectivity index (χ2v) is 16.5. The van der Waals surface area contributed by atoms with Gasteiger partial charge in [-0.2, -0.15) is 4.98 Å². The third kappa shape index (κ3) is 9.18. The Morgan fingerprint density at radius 2 is 1.45 bits per heavy atom. The molecule has 15 nitrogen and oxygen atoms in total. The zero-order valence-electron chi connectivity index (χ0n) is 31.2. The number of hydrogen-bond acceptors (Lipinski definition) is 9. The normalized spacial score (nSPS) is 22.1. The Labute approximate surface area is 299 Å². The number of anilines is 1. The molecule has 1 saturated carbocycles. The topological polar surface area (TPSA) is 167 Å². The Bertz CT molecular complexity index is 1700. The summed E-state index contributed by atoms with van der Waals surface area (Å²) in [6, 6.07) is 8.96. The first kappa shape index (κ1) is 37.6. The standard InChI is InChI=1S/C36H52N8O7/c1-33(2,3)50-31(48)39-27-25-21-41(22-36(25,27)9)20-23-10-12-24(13-11-23)44-15-14-26(38-30(44)47)37-29(46)43-18-16-42(17-19-43)28(45)35(7,8)40-32(49)51-34(4,5)6/h10-15,25,27H,16-22H2,1-9H3,(H,39,48)(H,40,49)(H,37,38,46,47). The van der Waals surface area contributed by atoms with Crippen molar-refractivity contribution in [2.75, 3.05) is 44.6 Å². The first-order valence-corrected chi connectivity index (χ1v) is 17.4. The Kier molecular flexibility index (Phi) is 10.2. The highest BCUT2D eigenvalue weighted by atomic mass is 16.6. The first-order chi connectivity index (χ1) is 23.6. The van der Waals surface area contributed by atoms with Gasteiger partial charge in [0.15, 0.2) is 0 Å². The van der Waals surface area contributed by atoms with E-state index in [4.69, 9.17) is 9.47 Å². The van der Waals surface area contributed by atoms with E-state index in [1.807, 2.05) is 45.0 Å². The minimum atomic E-state index is -1.19. The maximum atomic E-state index is 13.1. The van der Waals surface area contributed by atoms with Gasteiger partial charge in [-0.05, 0) is 79.2 Å². The monoisotopic (exact) mass is 708 g/mol. The lowest BCUT2D eigenvalue weighted by Crippen LogP contribution is -2.60. The highest BCUT2D eigenvalue weighted by molar-refractivity contribution is 5.90. The molecule has 1 aromatic carbocycles. The van der Waals surface area contributed by atoms with Crippen molar-refractivity contribution in [2.24, 2.45) is 11.3 Å². The van der Waals surface area contributed by atoms with Crippen LogP contribution in [-0.4, -0.2) is 110 Å². The first-order valence-electron chi connectivity index (χ1n) is 17.4. The van der Waals surface area contributed by atoms with Crippen molar-refractivity contribution in [3.63, 3.8) is 0 Å². The van der Waals surface area contributed by atoms with Crippen molar-refractivity contribution in [2.45, 2.75) is 91.6 Å². The Hall–Kier alpha value is -4.66. The Morgan fingerprint density at radius 3 is 2.00 bits per heavy atom. The number of rotatable bonds is 7. The SMILES string of the molecule is CC(C)(C)OC(=O)NC1C2CN(Cc3ccc(-n4ccc(NC(=O)N5CCN(C(=O)C(C)(C)NC(=O)OC(C)(C)C)CC5)nc4=O)cc3)CC21C. The molecule has 2 aromatic rings. The number of fused-ring (bicyclic) bond motifs is 1. The average Bonchev–Trinajstić information content (AvgIpc) is 3.34. The molecule has 1 aromatic heterocycles. The maximum Gasteiger partial charge on any atom is 0.408 e. The number of piperazine rings is 1. The molecule has 3 aliphatic rings. The molecule has 51 heavy (non-hydrogen) atoms.